The first-order valence-corrected chi connectivity index (χ1v) is 15.6. The second kappa shape index (κ2) is 12.5. The van der Waals surface area contributed by atoms with Gasteiger partial charge in [0.25, 0.3) is 0 Å². The summed E-state index contributed by atoms with van der Waals surface area (Å²) in [5, 5.41) is 0. The quantitative estimate of drug-likeness (QED) is 0.226. The Balaban J connectivity index is 2.78. The third-order valence-electron chi connectivity index (χ3n) is 9.49. The van der Waals surface area contributed by atoms with Crippen LogP contribution >= 0.6 is 0 Å². The fraction of sp³-hybridized carbons (Fsp3) is 0.349. The van der Waals surface area contributed by atoms with Crippen LogP contribution in [0.3, 0.4) is 0 Å². The third kappa shape index (κ3) is 6.50. The first kappa shape index (κ1) is 33.9. The Kier molecular flexibility index (Phi) is 9.87. The minimum Gasteiger partial charge on any atom is -0.102 e. The molecule has 0 radical (unpaired) electrons. The average Bonchev–Trinajstić information content (AvgIpc) is 2.91. The molecule has 226 valence electrons. The van der Waals surface area contributed by atoms with Crippen molar-refractivity contribution in [3.8, 4) is 0 Å². The molecule has 0 N–H and O–H groups in total. The van der Waals surface area contributed by atoms with E-state index in [0.717, 1.165) is 11.1 Å². The number of rotatable bonds is 7. The van der Waals surface area contributed by atoms with Gasteiger partial charge in [-0.05, 0) is 106 Å². The van der Waals surface area contributed by atoms with Crippen LogP contribution in [0.15, 0.2) is 133 Å². The van der Waals surface area contributed by atoms with E-state index in [4.69, 9.17) is 0 Å². The number of fused-ring (bicyclic) bond motifs is 4. The molecule has 0 fully saturated rings. The van der Waals surface area contributed by atoms with Crippen molar-refractivity contribution in [1.82, 2.24) is 0 Å². The molecule has 0 saturated carbocycles. The van der Waals surface area contributed by atoms with Crippen molar-refractivity contribution >= 4 is 11.6 Å². The SMILES string of the molecule is C=C/C=C(\C=C/C)C1=C/c2cc(C(C)(C)C)cc(c2C)C(/C(/C=C\C)=C/C=C)=C\C2=CC(C)(C(C)(C)C)C=C\1C2(C)C=C. The van der Waals surface area contributed by atoms with Crippen molar-refractivity contribution < 1.29 is 0 Å². The maximum Gasteiger partial charge on any atom is 0.0351 e. The lowest BCUT2D eigenvalue weighted by molar-refractivity contribution is 0.219. The molecule has 0 amide bonds. The minimum absolute atomic E-state index is 0.0229. The van der Waals surface area contributed by atoms with Crippen LogP contribution in [0.5, 0.6) is 0 Å². The van der Waals surface area contributed by atoms with E-state index in [1.54, 1.807) is 0 Å². The van der Waals surface area contributed by atoms with Gasteiger partial charge in [0.2, 0.25) is 0 Å². The molecule has 43 heavy (non-hydrogen) atoms. The van der Waals surface area contributed by atoms with Crippen LogP contribution in [0.4, 0.5) is 0 Å². The summed E-state index contributed by atoms with van der Waals surface area (Å²) in [6.45, 7) is 37.6. The van der Waals surface area contributed by atoms with E-state index >= 15 is 0 Å². The van der Waals surface area contributed by atoms with E-state index in [1.807, 2.05) is 12.2 Å². The number of hydrogen-bond donors (Lipinski definition) is 0. The molecule has 3 rings (SSSR count). The van der Waals surface area contributed by atoms with Gasteiger partial charge >= 0.3 is 0 Å². The molecule has 0 heteroatoms. The zero-order valence-corrected chi connectivity index (χ0v) is 28.8. The Morgan fingerprint density at radius 1 is 0.767 bits per heavy atom. The standard InChI is InChI=1S/C43H54/c1-15-20-31(21-16-2)37-27-35-28-42(13,41(10,11)12)29-39(43(35,14)19-5)38(32(22-17-3)23-18-4)25-33-24-34(40(7,8)9)26-36(37)30(33)6/h15-29H,1,3,5H2,2,4,6-14H3/b21-16-,23-18-,31-20+,32-22+,37-27-,38-25-. The fourth-order valence-electron chi connectivity index (χ4n) is 5.96. The normalized spacial score (nSPS) is 25.8. The maximum atomic E-state index is 4.46. The Labute approximate surface area is 263 Å². The van der Waals surface area contributed by atoms with Gasteiger partial charge in [-0.1, -0.05) is 141 Å². The van der Waals surface area contributed by atoms with Crippen molar-refractivity contribution in [2.24, 2.45) is 16.2 Å². The lowest BCUT2D eigenvalue weighted by Crippen LogP contribution is -2.36. The van der Waals surface area contributed by atoms with Crippen molar-refractivity contribution in [1.29, 1.82) is 0 Å². The molecule has 2 atom stereocenters. The molecular formula is C43H54. The largest absolute Gasteiger partial charge is 0.102 e. The smallest absolute Gasteiger partial charge is 0.0351 e. The molecule has 2 aliphatic carbocycles. The summed E-state index contributed by atoms with van der Waals surface area (Å²) >= 11 is 0. The van der Waals surface area contributed by atoms with E-state index < -0.39 is 5.41 Å². The second-order valence-electron chi connectivity index (χ2n) is 14.4. The number of allylic oxidation sites excluding steroid dienone is 18. The predicted molar refractivity (Wildman–Crippen MR) is 194 cm³/mol. The second-order valence-corrected chi connectivity index (χ2v) is 14.4. The summed E-state index contributed by atoms with van der Waals surface area (Å²) in [7, 11) is 0. The van der Waals surface area contributed by atoms with Crippen LogP contribution in [0.25, 0.3) is 11.6 Å². The van der Waals surface area contributed by atoms with Gasteiger partial charge in [-0.3, -0.25) is 0 Å². The summed E-state index contributed by atoms with van der Waals surface area (Å²) < 4.78 is 0. The van der Waals surface area contributed by atoms with Gasteiger partial charge < -0.3 is 0 Å². The molecule has 0 spiro atoms. The van der Waals surface area contributed by atoms with Gasteiger partial charge in [0, 0.05) is 10.8 Å². The molecule has 2 unspecified atom stereocenters. The van der Waals surface area contributed by atoms with E-state index in [1.165, 1.54) is 44.5 Å². The molecule has 0 heterocycles. The van der Waals surface area contributed by atoms with Gasteiger partial charge in [0.1, 0.15) is 0 Å². The highest BCUT2D eigenvalue weighted by molar-refractivity contribution is 5.89. The zero-order chi connectivity index (χ0) is 32.4. The van der Waals surface area contributed by atoms with Gasteiger partial charge in [-0.25, -0.2) is 0 Å². The highest BCUT2D eigenvalue weighted by Gasteiger charge is 2.44. The summed E-state index contributed by atoms with van der Waals surface area (Å²) in [4.78, 5) is 0. The fourth-order valence-corrected chi connectivity index (χ4v) is 5.96. The van der Waals surface area contributed by atoms with Gasteiger partial charge in [-0.2, -0.15) is 0 Å². The van der Waals surface area contributed by atoms with Crippen LogP contribution in [0.1, 0.15) is 91.5 Å². The van der Waals surface area contributed by atoms with Crippen LogP contribution in [-0.4, -0.2) is 0 Å². The highest BCUT2D eigenvalue weighted by atomic mass is 14.5. The van der Waals surface area contributed by atoms with E-state index in [9.17, 15) is 0 Å². The molecule has 0 saturated heterocycles. The van der Waals surface area contributed by atoms with Gasteiger partial charge in [0.05, 0.1) is 0 Å². The minimum atomic E-state index is -0.434. The number of benzene rings is 1. The summed E-state index contributed by atoms with van der Waals surface area (Å²) in [5.74, 6) is 0. The molecule has 4 bridgehead atoms. The Hall–Kier alpha value is -3.64. The monoisotopic (exact) mass is 570 g/mol. The third-order valence-corrected chi connectivity index (χ3v) is 9.49. The van der Waals surface area contributed by atoms with Crippen molar-refractivity contribution in [3.05, 3.63) is 155 Å². The molecule has 0 nitrogen and oxygen atoms in total. The van der Waals surface area contributed by atoms with Crippen molar-refractivity contribution in [3.63, 3.8) is 0 Å². The summed E-state index contributed by atoms with van der Waals surface area (Å²) in [5.41, 5.74) is 11.5. The van der Waals surface area contributed by atoms with Crippen LogP contribution < -0.4 is 0 Å². The topological polar surface area (TPSA) is 0 Å². The Morgan fingerprint density at radius 3 is 1.79 bits per heavy atom. The molecule has 1 aromatic carbocycles. The predicted octanol–water partition coefficient (Wildman–Crippen LogP) is 12.6. The van der Waals surface area contributed by atoms with Crippen molar-refractivity contribution in [2.75, 3.05) is 0 Å². The first-order valence-electron chi connectivity index (χ1n) is 15.6. The van der Waals surface area contributed by atoms with E-state index in [0.29, 0.717) is 0 Å². The molecule has 1 aromatic rings. The Bertz CT molecular complexity index is 1550. The van der Waals surface area contributed by atoms with Crippen LogP contribution in [-0.2, 0) is 5.41 Å². The molecule has 0 aliphatic heterocycles. The lowest BCUT2D eigenvalue weighted by Gasteiger charge is -2.47. The molecular weight excluding hydrogens is 516 g/mol. The van der Waals surface area contributed by atoms with Gasteiger partial charge in [-0.15, -0.1) is 6.58 Å². The molecule has 2 aliphatic rings. The zero-order valence-electron chi connectivity index (χ0n) is 28.8. The van der Waals surface area contributed by atoms with Crippen LogP contribution in [0, 0.1) is 23.2 Å². The van der Waals surface area contributed by atoms with Gasteiger partial charge in [0.15, 0.2) is 0 Å². The maximum absolute atomic E-state index is 4.46. The number of hydrogen-bond acceptors (Lipinski definition) is 0. The van der Waals surface area contributed by atoms with E-state index in [2.05, 4.69) is 175 Å². The van der Waals surface area contributed by atoms with E-state index in [-0.39, 0.29) is 16.2 Å². The first-order chi connectivity index (χ1) is 20.0. The van der Waals surface area contributed by atoms with Crippen molar-refractivity contribution in [2.45, 2.75) is 81.6 Å². The Morgan fingerprint density at radius 2 is 1.33 bits per heavy atom. The average molecular weight is 571 g/mol. The summed E-state index contributed by atoms with van der Waals surface area (Å²) in [6, 6.07) is 4.79. The lowest BCUT2D eigenvalue weighted by atomic mass is 9.57. The van der Waals surface area contributed by atoms with Crippen LogP contribution in [0.2, 0.25) is 0 Å². The highest BCUT2D eigenvalue weighted by Crippen LogP contribution is 2.56. The molecule has 0 aromatic heterocycles. The summed E-state index contributed by atoms with van der Waals surface area (Å²) in [6.07, 6.45) is 28.7.